The number of ether oxygens (including phenoxy) is 2. The van der Waals surface area contributed by atoms with Gasteiger partial charge in [-0.25, -0.2) is 0 Å². The minimum atomic E-state index is -0.396. The summed E-state index contributed by atoms with van der Waals surface area (Å²) in [4.78, 5) is 0. The van der Waals surface area contributed by atoms with Crippen LogP contribution in [0.1, 0.15) is 99.8 Å². The highest BCUT2D eigenvalue weighted by atomic mass is 16.7. The average molecular weight is 483 g/mol. The summed E-state index contributed by atoms with van der Waals surface area (Å²) in [5.41, 5.74) is 5.25. The van der Waals surface area contributed by atoms with Gasteiger partial charge < -0.3 is 14.6 Å². The number of hydrogen-bond acceptors (Lipinski definition) is 3. The largest absolute Gasteiger partial charge is 0.392 e. The Labute approximate surface area is 214 Å². The maximum absolute atomic E-state index is 9.35. The molecule has 0 radical (unpaired) electrons. The van der Waals surface area contributed by atoms with Gasteiger partial charge in [0.05, 0.1) is 19.8 Å². The van der Waals surface area contributed by atoms with Gasteiger partial charge in [0.15, 0.2) is 5.79 Å². The third-order valence-corrected chi connectivity index (χ3v) is 12.2. The first-order valence-electron chi connectivity index (χ1n) is 14.4. The summed E-state index contributed by atoms with van der Waals surface area (Å²) in [6.45, 7) is 18.8. The van der Waals surface area contributed by atoms with Crippen LogP contribution in [-0.4, -0.2) is 30.7 Å². The standard InChI is InChI=1S/C32H50O3/c1-22(21-33)9-8-10-23(2)24-13-15-31(7)26-11-12-27-28(3,4)32(34-19-20-35-32)18-17-29(27,5)25(26)14-16-30(24,31)6/h9,11,14,23-24,27,33H,8,10,12-13,15-21H2,1-7H3/t23-,24-,27?,29-,30-,31+/m1/s1. The van der Waals surface area contributed by atoms with Gasteiger partial charge in [-0.2, -0.15) is 0 Å². The van der Waals surface area contributed by atoms with Crippen LogP contribution in [-0.2, 0) is 9.47 Å². The van der Waals surface area contributed by atoms with Crippen LogP contribution >= 0.6 is 0 Å². The van der Waals surface area contributed by atoms with E-state index in [0.717, 1.165) is 50.4 Å². The Hall–Kier alpha value is -0.900. The molecule has 0 aromatic rings. The van der Waals surface area contributed by atoms with Crippen molar-refractivity contribution >= 4 is 0 Å². The van der Waals surface area contributed by atoms with Gasteiger partial charge in [0.1, 0.15) is 0 Å². The number of fused-ring (bicyclic) bond motifs is 5. The summed E-state index contributed by atoms with van der Waals surface area (Å²) in [6.07, 6.45) is 17.1. The number of aliphatic hydroxyl groups is 1. The van der Waals surface area contributed by atoms with Crippen LogP contribution in [0, 0.1) is 39.4 Å². The first kappa shape index (κ1) is 25.7. The van der Waals surface area contributed by atoms with Gasteiger partial charge in [-0.05, 0) is 97.0 Å². The van der Waals surface area contributed by atoms with Crippen LogP contribution in [0.15, 0.2) is 34.9 Å². The molecule has 1 N–H and O–H groups in total. The fourth-order valence-corrected chi connectivity index (χ4v) is 9.71. The average Bonchev–Trinajstić information content (AvgIpc) is 3.40. The lowest BCUT2D eigenvalue weighted by molar-refractivity contribution is -0.279. The van der Waals surface area contributed by atoms with E-state index in [1.807, 2.05) is 6.92 Å². The molecular weight excluding hydrogens is 432 g/mol. The van der Waals surface area contributed by atoms with Gasteiger partial charge in [0.25, 0.3) is 0 Å². The lowest BCUT2D eigenvalue weighted by Crippen LogP contribution is -2.60. The summed E-state index contributed by atoms with van der Waals surface area (Å²) in [7, 11) is 0. The summed E-state index contributed by atoms with van der Waals surface area (Å²) in [5.74, 6) is 1.61. The Bertz CT molecular complexity index is 934. The molecular formula is C32H50O3. The summed E-state index contributed by atoms with van der Waals surface area (Å²) in [6, 6.07) is 0. The lowest BCUT2D eigenvalue weighted by atomic mass is 9.43. The fourth-order valence-electron chi connectivity index (χ4n) is 9.71. The first-order valence-corrected chi connectivity index (χ1v) is 14.4. The highest BCUT2D eigenvalue weighted by Gasteiger charge is 2.66. The van der Waals surface area contributed by atoms with E-state index in [1.54, 1.807) is 11.1 Å². The van der Waals surface area contributed by atoms with Crippen molar-refractivity contribution in [1.82, 2.24) is 0 Å². The molecule has 1 aliphatic heterocycles. The van der Waals surface area contributed by atoms with Crippen LogP contribution in [0.5, 0.6) is 0 Å². The van der Waals surface area contributed by atoms with Gasteiger partial charge in [0, 0.05) is 11.8 Å². The van der Waals surface area contributed by atoms with Crippen LogP contribution < -0.4 is 0 Å². The van der Waals surface area contributed by atoms with Gasteiger partial charge >= 0.3 is 0 Å². The van der Waals surface area contributed by atoms with Crippen molar-refractivity contribution in [2.45, 2.75) is 106 Å². The SMILES string of the molecule is CC(=CCC[C@@H](C)[C@H]1CC[C@@]2(C)C3=CCC4C(C)(C)C5(CC[C@]4(C)C3=CC[C@]12C)OCCO5)CO. The Morgan fingerprint density at radius 1 is 1.06 bits per heavy atom. The molecule has 0 aromatic carbocycles. The van der Waals surface area contributed by atoms with E-state index < -0.39 is 5.79 Å². The zero-order valence-electron chi connectivity index (χ0n) is 23.5. The molecule has 1 spiro atoms. The molecule has 3 fully saturated rings. The van der Waals surface area contributed by atoms with Crippen LogP contribution in [0.25, 0.3) is 0 Å². The van der Waals surface area contributed by atoms with Gasteiger partial charge in [-0.1, -0.05) is 65.3 Å². The van der Waals surface area contributed by atoms with Crippen molar-refractivity contribution in [1.29, 1.82) is 0 Å². The van der Waals surface area contributed by atoms with Crippen molar-refractivity contribution in [2.75, 3.05) is 19.8 Å². The second-order valence-electron chi connectivity index (χ2n) is 14.0. The molecule has 5 aliphatic rings. The van der Waals surface area contributed by atoms with Crippen LogP contribution in [0.2, 0.25) is 0 Å². The molecule has 0 amide bonds. The third kappa shape index (κ3) is 3.47. The highest BCUT2D eigenvalue weighted by Crippen LogP contribution is 2.72. The normalized spacial score (nSPS) is 42.7. The zero-order chi connectivity index (χ0) is 25.3. The van der Waals surface area contributed by atoms with E-state index >= 15 is 0 Å². The van der Waals surface area contributed by atoms with E-state index in [9.17, 15) is 5.11 Å². The molecule has 1 heterocycles. The smallest absolute Gasteiger partial charge is 0.173 e. The fraction of sp³-hybridized carbons (Fsp3) is 0.812. The van der Waals surface area contributed by atoms with Gasteiger partial charge in [-0.3, -0.25) is 0 Å². The molecule has 3 nitrogen and oxygen atoms in total. The van der Waals surface area contributed by atoms with Gasteiger partial charge in [0.2, 0.25) is 0 Å². The Kier molecular flexibility index (Phi) is 6.30. The molecule has 1 unspecified atom stereocenters. The number of allylic oxidation sites excluding steroid dienone is 5. The Balaban J connectivity index is 1.43. The minimum absolute atomic E-state index is 0.00598. The first-order chi connectivity index (χ1) is 16.5. The highest BCUT2D eigenvalue weighted by molar-refractivity contribution is 5.50. The monoisotopic (exact) mass is 482 g/mol. The number of rotatable bonds is 5. The molecule has 2 saturated carbocycles. The van der Waals surface area contributed by atoms with E-state index in [0.29, 0.717) is 17.3 Å². The molecule has 3 heteroatoms. The molecule has 0 aromatic heterocycles. The van der Waals surface area contributed by atoms with Crippen molar-refractivity contribution in [2.24, 2.45) is 39.4 Å². The molecule has 35 heavy (non-hydrogen) atoms. The van der Waals surface area contributed by atoms with E-state index in [-0.39, 0.29) is 22.9 Å². The number of aliphatic hydroxyl groups excluding tert-OH is 1. The Morgan fingerprint density at radius 2 is 1.77 bits per heavy atom. The quantitative estimate of drug-likeness (QED) is 0.410. The molecule has 5 rings (SSSR count). The van der Waals surface area contributed by atoms with Crippen molar-refractivity contribution in [3.05, 3.63) is 34.9 Å². The third-order valence-electron chi connectivity index (χ3n) is 12.2. The molecule has 0 bridgehead atoms. The Morgan fingerprint density at radius 3 is 2.46 bits per heavy atom. The summed E-state index contributed by atoms with van der Waals surface area (Å²) in [5, 5.41) is 9.35. The molecule has 196 valence electrons. The molecule has 6 atom stereocenters. The van der Waals surface area contributed by atoms with Crippen molar-refractivity contribution in [3.63, 3.8) is 0 Å². The number of hydrogen-bond donors (Lipinski definition) is 1. The van der Waals surface area contributed by atoms with E-state index in [4.69, 9.17) is 9.47 Å². The maximum atomic E-state index is 9.35. The van der Waals surface area contributed by atoms with Crippen molar-refractivity contribution in [3.8, 4) is 0 Å². The van der Waals surface area contributed by atoms with Crippen LogP contribution in [0.3, 0.4) is 0 Å². The predicted octanol–water partition coefficient (Wildman–Crippen LogP) is 7.61. The minimum Gasteiger partial charge on any atom is -0.392 e. The summed E-state index contributed by atoms with van der Waals surface area (Å²) < 4.78 is 12.7. The zero-order valence-corrected chi connectivity index (χ0v) is 23.5. The summed E-state index contributed by atoms with van der Waals surface area (Å²) >= 11 is 0. The lowest BCUT2D eigenvalue weighted by Gasteiger charge is -2.63. The second kappa shape index (κ2) is 8.57. The maximum Gasteiger partial charge on any atom is 0.173 e. The van der Waals surface area contributed by atoms with Crippen LogP contribution in [0.4, 0.5) is 0 Å². The second-order valence-corrected chi connectivity index (χ2v) is 14.0. The van der Waals surface area contributed by atoms with E-state index in [2.05, 4.69) is 59.8 Å². The predicted molar refractivity (Wildman–Crippen MR) is 143 cm³/mol. The van der Waals surface area contributed by atoms with Gasteiger partial charge in [-0.15, -0.1) is 0 Å². The van der Waals surface area contributed by atoms with Crippen molar-refractivity contribution < 1.29 is 14.6 Å². The molecule has 4 aliphatic carbocycles. The topological polar surface area (TPSA) is 38.7 Å². The van der Waals surface area contributed by atoms with E-state index in [1.165, 1.54) is 25.7 Å². The molecule has 1 saturated heterocycles.